The van der Waals surface area contributed by atoms with Gasteiger partial charge in [0.25, 0.3) is 0 Å². The van der Waals surface area contributed by atoms with Gasteiger partial charge in [-0.2, -0.15) is 0 Å². The summed E-state index contributed by atoms with van der Waals surface area (Å²) in [6, 6.07) is 4.00. The van der Waals surface area contributed by atoms with E-state index in [0.29, 0.717) is 0 Å². The van der Waals surface area contributed by atoms with Crippen molar-refractivity contribution in [1.29, 1.82) is 0 Å². The summed E-state index contributed by atoms with van der Waals surface area (Å²) in [5.74, 6) is 2.01. The lowest BCUT2D eigenvalue weighted by molar-refractivity contribution is 0.424. The van der Waals surface area contributed by atoms with E-state index in [1.54, 1.807) is 0 Å². The highest BCUT2D eigenvalue weighted by Gasteiger charge is 2.11. The van der Waals surface area contributed by atoms with E-state index in [9.17, 15) is 0 Å². The molecule has 0 saturated carbocycles. The SMILES string of the molecule is Cc1ccc(CCC(C)(C)N)o1. The Bertz CT molecular complexity index is 245. The van der Waals surface area contributed by atoms with Crippen LogP contribution in [0.1, 0.15) is 31.8 Å². The second-order valence-electron chi connectivity index (χ2n) is 4.00. The van der Waals surface area contributed by atoms with Crippen LogP contribution in [-0.2, 0) is 6.42 Å². The minimum absolute atomic E-state index is 0.0965. The van der Waals surface area contributed by atoms with E-state index >= 15 is 0 Å². The summed E-state index contributed by atoms with van der Waals surface area (Å²) < 4.78 is 5.42. The third-order valence-corrected chi connectivity index (χ3v) is 1.81. The summed E-state index contributed by atoms with van der Waals surface area (Å²) >= 11 is 0. The number of aryl methyl sites for hydroxylation is 2. The smallest absolute Gasteiger partial charge is 0.104 e. The van der Waals surface area contributed by atoms with Crippen LogP contribution >= 0.6 is 0 Å². The van der Waals surface area contributed by atoms with Crippen molar-refractivity contribution >= 4 is 0 Å². The zero-order chi connectivity index (χ0) is 9.19. The fourth-order valence-electron chi connectivity index (χ4n) is 1.06. The fourth-order valence-corrected chi connectivity index (χ4v) is 1.06. The molecule has 1 aromatic heterocycles. The zero-order valence-electron chi connectivity index (χ0n) is 8.05. The second-order valence-corrected chi connectivity index (χ2v) is 4.00. The lowest BCUT2D eigenvalue weighted by atomic mass is 9.99. The molecule has 0 radical (unpaired) electrons. The van der Waals surface area contributed by atoms with Gasteiger partial charge >= 0.3 is 0 Å². The van der Waals surface area contributed by atoms with Gasteiger partial charge in [-0.05, 0) is 39.3 Å². The van der Waals surface area contributed by atoms with Gasteiger partial charge in [0, 0.05) is 12.0 Å². The van der Waals surface area contributed by atoms with Crippen LogP contribution in [0.3, 0.4) is 0 Å². The van der Waals surface area contributed by atoms with Crippen molar-refractivity contribution in [2.75, 3.05) is 0 Å². The van der Waals surface area contributed by atoms with E-state index in [2.05, 4.69) is 0 Å². The third kappa shape index (κ3) is 3.09. The lowest BCUT2D eigenvalue weighted by Crippen LogP contribution is -2.32. The van der Waals surface area contributed by atoms with Crippen LogP contribution in [0.5, 0.6) is 0 Å². The first-order valence-corrected chi connectivity index (χ1v) is 4.31. The molecule has 0 unspecified atom stereocenters. The molecule has 0 spiro atoms. The van der Waals surface area contributed by atoms with Gasteiger partial charge in [0.15, 0.2) is 0 Å². The average Bonchev–Trinajstić information content (AvgIpc) is 2.30. The Labute approximate surface area is 73.8 Å². The van der Waals surface area contributed by atoms with Gasteiger partial charge in [-0.3, -0.25) is 0 Å². The van der Waals surface area contributed by atoms with Crippen LogP contribution in [0.25, 0.3) is 0 Å². The van der Waals surface area contributed by atoms with Crippen molar-refractivity contribution in [3.8, 4) is 0 Å². The molecule has 0 aliphatic rings. The molecule has 0 aliphatic heterocycles. The molecule has 0 aromatic carbocycles. The van der Waals surface area contributed by atoms with Gasteiger partial charge in [0.05, 0.1) is 0 Å². The van der Waals surface area contributed by atoms with Crippen LogP contribution in [0.2, 0.25) is 0 Å². The molecule has 2 heteroatoms. The number of hydrogen-bond donors (Lipinski definition) is 1. The highest BCUT2D eigenvalue weighted by molar-refractivity contribution is 5.06. The first kappa shape index (κ1) is 9.33. The van der Waals surface area contributed by atoms with Gasteiger partial charge in [-0.25, -0.2) is 0 Å². The number of rotatable bonds is 3. The Kier molecular flexibility index (Phi) is 2.58. The van der Waals surface area contributed by atoms with Crippen molar-refractivity contribution < 1.29 is 4.42 Å². The van der Waals surface area contributed by atoms with Crippen LogP contribution in [-0.4, -0.2) is 5.54 Å². The van der Waals surface area contributed by atoms with Crippen molar-refractivity contribution in [1.82, 2.24) is 0 Å². The topological polar surface area (TPSA) is 39.2 Å². The van der Waals surface area contributed by atoms with Crippen molar-refractivity contribution in [2.45, 2.75) is 39.2 Å². The van der Waals surface area contributed by atoms with E-state index in [0.717, 1.165) is 24.4 Å². The van der Waals surface area contributed by atoms with Crippen molar-refractivity contribution in [2.24, 2.45) is 5.73 Å². The molecular formula is C10H17NO. The Morgan fingerprint density at radius 3 is 2.50 bits per heavy atom. The van der Waals surface area contributed by atoms with Crippen molar-refractivity contribution in [3.05, 3.63) is 23.7 Å². The van der Waals surface area contributed by atoms with Crippen LogP contribution < -0.4 is 5.73 Å². The Hall–Kier alpha value is -0.760. The molecule has 68 valence electrons. The summed E-state index contributed by atoms with van der Waals surface area (Å²) in [7, 11) is 0. The molecule has 1 rings (SSSR count). The summed E-state index contributed by atoms with van der Waals surface area (Å²) in [6.45, 7) is 6.02. The highest BCUT2D eigenvalue weighted by Crippen LogP contribution is 2.13. The summed E-state index contributed by atoms with van der Waals surface area (Å²) in [5, 5.41) is 0. The molecule has 12 heavy (non-hydrogen) atoms. The van der Waals surface area contributed by atoms with E-state index < -0.39 is 0 Å². The maximum Gasteiger partial charge on any atom is 0.104 e. The maximum atomic E-state index is 5.85. The molecule has 0 amide bonds. The van der Waals surface area contributed by atoms with Gasteiger partial charge < -0.3 is 10.2 Å². The van der Waals surface area contributed by atoms with Gasteiger partial charge in [0.1, 0.15) is 11.5 Å². The monoisotopic (exact) mass is 167 g/mol. The largest absolute Gasteiger partial charge is 0.466 e. The Morgan fingerprint density at radius 1 is 1.42 bits per heavy atom. The molecule has 0 saturated heterocycles. The first-order chi connectivity index (χ1) is 5.47. The maximum absolute atomic E-state index is 5.85. The van der Waals surface area contributed by atoms with Crippen LogP contribution in [0.15, 0.2) is 16.5 Å². The third-order valence-electron chi connectivity index (χ3n) is 1.81. The van der Waals surface area contributed by atoms with Gasteiger partial charge in [0.2, 0.25) is 0 Å². The van der Waals surface area contributed by atoms with Gasteiger partial charge in [-0.1, -0.05) is 0 Å². The molecule has 1 heterocycles. The van der Waals surface area contributed by atoms with Gasteiger partial charge in [-0.15, -0.1) is 0 Å². The fraction of sp³-hybridized carbons (Fsp3) is 0.600. The van der Waals surface area contributed by atoms with E-state index in [4.69, 9.17) is 10.2 Å². The predicted molar refractivity (Wildman–Crippen MR) is 50.0 cm³/mol. The molecule has 0 fully saturated rings. The molecule has 2 nitrogen and oxygen atoms in total. The average molecular weight is 167 g/mol. The van der Waals surface area contributed by atoms with Crippen molar-refractivity contribution in [3.63, 3.8) is 0 Å². The lowest BCUT2D eigenvalue weighted by Gasteiger charge is -2.16. The van der Waals surface area contributed by atoms with Crippen LogP contribution in [0, 0.1) is 6.92 Å². The molecule has 2 N–H and O–H groups in total. The molecule has 0 atom stereocenters. The quantitative estimate of drug-likeness (QED) is 0.750. The molecule has 0 aliphatic carbocycles. The standard InChI is InChI=1S/C10H17NO/c1-8-4-5-9(12-8)6-7-10(2,3)11/h4-5H,6-7,11H2,1-3H3. The Balaban J connectivity index is 2.44. The predicted octanol–water partition coefficient (Wildman–Crippen LogP) is 2.26. The zero-order valence-corrected chi connectivity index (χ0v) is 8.05. The number of nitrogens with two attached hydrogens (primary N) is 1. The van der Waals surface area contributed by atoms with E-state index in [1.807, 2.05) is 32.9 Å². The first-order valence-electron chi connectivity index (χ1n) is 4.31. The van der Waals surface area contributed by atoms with Crippen LogP contribution in [0.4, 0.5) is 0 Å². The summed E-state index contributed by atoms with van der Waals surface area (Å²) in [4.78, 5) is 0. The number of hydrogen-bond acceptors (Lipinski definition) is 2. The number of furan rings is 1. The van der Waals surface area contributed by atoms with E-state index in [-0.39, 0.29) is 5.54 Å². The minimum atomic E-state index is -0.0965. The summed E-state index contributed by atoms with van der Waals surface area (Å²) in [5.41, 5.74) is 5.75. The molecule has 0 bridgehead atoms. The summed E-state index contributed by atoms with van der Waals surface area (Å²) in [6.07, 6.45) is 1.89. The second kappa shape index (κ2) is 3.31. The van der Waals surface area contributed by atoms with E-state index in [1.165, 1.54) is 0 Å². The Morgan fingerprint density at radius 2 is 2.08 bits per heavy atom. The molecular weight excluding hydrogens is 150 g/mol. The normalized spacial score (nSPS) is 12.0. The highest BCUT2D eigenvalue weighted by atomic mass is 16.3. The minimum Gasteiger partial charge on any atom is -0.466 e. The molecule has 1 aromatic rings.